The zero-order valence-corrected chi connectivity index (χ0v) is 16.4. The largest absolute Gasteiger partial charge is 0.376 e. The molecule has 0 amide bonds. The van der Waals surface area contributed by atoms with Crippen LogP contribution in [0, 0.1) is 6.92 Å². The number of anilines is 1. The number of aryl methyl sites for hydroxylation is 2. The Morgan fingerprint density at radius 3 is 2.71 bits per heavy atom. The molecule has 2 aromatic heterocycles. The summed E-state index contributed by atoms with van der Waals surface area (Å²) >= 11 is 0. The van der Waals surface area contributed by atoms with E-state index in [1.165, 1.54) is 11.6 Å². The molecular weight excluding hydrogens is 358 g/mol. The summed E-state index contributed by atoms with van der Waals surface area (Å²) in [5, 5.41) is 3.34. The van der Waals surface area contributed by atoms with Crippen LogP contribution in [-0.4, -0.2) is 37.9 Å². The minimum atomic E-state index is -0.385. The number of ether oxygens (including phenoxy) is 1. The smallest absolute Gasteiger partial charge is 0.332 e. The van der Waals surface area contributed by atoms with Crippen molar-refractivity contribution < 1.29 is 4.74 Å². The monoisotopic (exact) mass is 383 g/mol. The van der Waals surface area contributed by atoms with E-state index in [-0.39, 0.29) is 17.4 Å². The Morgan fingerprint density at radius 1 is 1.21 bits per heavy atom. The second-order valence-corrected chi connectivity index (χ2v) is 7.34. The van der Waals surface area contributed by atoms with E-state index in [9.17, 15) is 9.59 Å². The van der Waals surface area contributed by atoms with Crippen molar-refractivity contribution in [1.29, 1.82) is 0 Å². The first-order valence-electron chi connectivity index (χ1n) is 9.53. The van der Waals surface area contributed by atoms with E-state index in [2.05, 4.69) is 10.3 Å². The molecule has 1 aromatic carbocycles. The lowest BCUT2D eigenvalue weighted by Gasteiger charge is -2.14. The molecule has 0 aliphatic carbocycles. The molecule has 8 heteroatoms. The van der Waals surface area contributed by atoms with Gasteiger partial charge in [0.05, 0.1) is 12.6 Å². The number of nitrogens with zero attached hydrogens (tertiary/aromatic N) is 4. The van der Waals surface area contributed by atoms with Crippen molar-refractivity contribution >= 4 is 17.1 Å². The van der Waals surface area contributed by atoms with Gasteiger partial charge >= 0.3 is 5.69 Å². The molecular formula is C20H25N5O3. The van der Waals surface area contributed by atoms with Crippen LogP contribution < -0.4 is 16.6 Å². The fourth-order valence-electron chi connectivity index (χ4n) is 3.70. The molecule has 1 N–H and O–H groups in total. The average molecular weight is 383 g/mol. The van der Waals surface area contributed by atoms with E-state index >= 15 is 0 Å². The highest BCUT2D eigenvalue weighted by atomic mass is 16.5. The van der Waals surface area contributed by atoms with E-state index in [1.807, 2.05) is 35.8 Å². The average Bonchev–Trinajstić information content (AvgIpc) is 3.33. The maximum absolute atomic E-state index is 12.9. The van der Waals surface area contributed by atoms with Gasteiger partial charge in [-0.3, -0.25) is 18.5 Å². The van der Waals surface area contributed by atoms with E-state index < -0.39 is 0 Å². The molecule has 8 nitrogen and oxygen atoms in total. The van der Waals surface area contributed by atoms with Gasteiger partial charge in [0.2, 0.25) is 5.95 Å². The quantitative estimate of drug-likeness (QED) is 0.720. The number of fused-ring (bicyclic) bond motifs is 1. The molecule has 4 rings (SSSR count). The van der Waals surface area contributed by atoms with Gasteiger partial charge in [-0.2, -0.15) is 4.98 Å². The SMILES string of the molecule is Cc1ccccc1Cn1c(NCC2CCCO2)nc2c1c(=O)n(C)c(=O)n2C. The van der Waals surface area contributed by atoms with Gasteiger partial charge in [0, 0.05) is 27.2 Å². The van der Waals surface area contributed by atoms with Crippen molar-refractivity contribution in [1.82, 2.24) is 18.7 Å². The van der Waals surface area contributed by atoms with Gasteiger partial charge in [-0.05, 0) is 30.9 Å². The van der Waals surface area contributed by atoms with Crippen LogP contribution >= 0.6 is 0 Å². The summed E-state index contributed by atoms with van der Waals surface area (Å²) in [6, 6.07) is 8.05. The minimum absolute atomic E-state index is 0.137. The van der Waals surface area contributed by atoms with Crippen LogP contribution in [0.15, 0.2) is 33.9 Å². The van der Waals surface area contributed by atoms with E-state index in [0.29, 0.717) is 30.2 Å². The third-order valence-corrected chi connectivity index (χ3v) is 5.45. The maximum Gasteiger partial charge on any atom is 0.332 e. The number of nitrogens with one attached hydrogen (secondary N) is 1. The normalized spacial score (nSPS) is 16.8. The Labute approximate surface area is 162 Å². The Morgan fingerprint density at radius 2 is 2.00 bits per heavy atom. The van der Waals surface area contributed by atoms with Crippen LogP contribution in [-0.2, 0) is 25.4 Å². The first-order valence-corrected chi connectivity index (χ1v) is 9.53. The van der Waals surface area contributed by atoms with Crippen LogP contribution in [0.3, 0.4) is 0 Å². The molecule has 3 aromatic rings. The highest BCUT2D eigenvalue weighted by Gasteiger charge is 2.21. The molecule has 1 saturated heterocycles. The second-order valence-electron chi connectivity index (χ2n) is 7.34. The summed E-state index contributed by atoms with van der Waals surface area (Å²) in [5.74, 6) is 0.576. The van der Waals surface area contributed by atoms with Gasteiger partial charge in [-0.15, -0.1) is 0 Å². The fraction of sp³-hybridized carbons (Fsp3) is 0.450. The topological polar surface area (TPSA) is 83.1 Å². The van der Waals surface area contributed by atoms with Crippen molar-refractivity contribution in [2.45, 2.75) is 32.4 Å². The molecule has 3 heterocycles. The first kappa shape index (κ1) is 18.5. The molecule has 1 aliphatic heterocycles. The van der Waals surface area contributed by atoms with E-state index in [1.54, 1.807) is 7.05 Å². The van der Waals surface area contributed by atoms with Gasteiger partial charge in [-0.1, -0.05) is 24.3 Å². The zero-order valence-electron chi connectivity index (χ0n) is 16.4. The third kappa shape index (κ3) is 3.13. The predicted molar refractivity (Wildman–Crippen MR) is 108 cm³/mol. The Bertz CT molecular complexity index is 1140. The van der Waals surface area contributed by atoms with Gasteiger partial charge in [0.1, 0.15) is 0 Å². The Balaban J connectivity index is 1.85. The van der Waals surface area contributed by atoms with Crippen LogP contribution in [0.2, 0.25) is 0 Å². The summed E-state index contributed by atoms with van der Waals surface area (Å²) in [6.07, 6.45) is 2.20. The maximum atomic E-state index is 12.9. The lowest BCUT2D eigenvalue weighted by Crippen LogP contribution is -2.37. The highest BCUT2D eigenvalue weighted by molar-refractivity contribution is 5.74. The number of benzene rings is 1. The van der Waals surface area contributed by atoms with Crippen LogP contribution in [0.25, 0.3) is 11.2 Å². The van der Waals surface area contributed by atoms with E-state index in [0.717, 1.165) is 35.1 Å². The van der Waals surface area contributed by atoms with Crippen molar-refractivity contribution in [3.8, 4) is 0 Å². The zero-order chi connectivity index (χ0) is 19.8. The van der Waals surface area contributed by atoms with Gasteiger partial charge in [0.25, 0.3) is 5.56 Å². The van der Waals surface area contributed by atoms with E-state index in [4.69, 9.17) is 4.74 Å². The number of rotatable bonds is 5. The lowest BCUT2D eigenvalue weighted by atomic mass is 10.1. The van der Waals surface area contributed by atoms with Crippen LogP contribution in [0.1, 0.15) is 24.0 Å². The number of aromatic nitrogens is 4. The summed E-state index contributed by atoms with van der Waals surface area (Å²) < 4.78 is 10.1. The predicted octanol–water partition coefficient (Wildman–Crippen LogP) is 1.38. The van der Waals surface area contributed by atoms with Gasteiger partial charge < -0.3 is 10.1 Å². The Hall–Kier alpha value is -2.87. The molecule has 0 saturated carbocycles. The molecule has 0 radical (unpaired) electrons. The summed E-state index contributed by atoms with van der Waals surface area (Å²) in [7, 11) is 3.13. The minimum Gasteiger partial charge on any atom is -0.376 e. The summed E-state index contributed by atoms with van der Waals surface area (Å²) in [6.45, 7) is 3.93. The third-order valence-electron chi connectivity index (χ3n) is 5.45. The number of hydrogen-bond acceptors (Lipinski definition) is 5. The molecule has 28 heavy (non-hydrogen) atoms. The van der Waals surface area contributed by atoms with Crippen molar-refractivity contribution in [2.75, 3.05) is 18.5 Å². The molecule has 148 valence electrons. The van der Waals surface area contributed by atoms with Gasteiger partial charge in [-0.25, -0.2) is 4.79 Å². The molecule has 1 fully saturated rings. The molecule has 0 bridgehead atoms. The number of imidazole rings is 1. The van der Waals surface area contributed by atoms with Crippen molar-refractivity contribution in [3.05, 3.63) is 56.2 Å². The summed E-state index contributed by atoms with van der Waals surface area (Å²) in [5.41, 5.74) is 2.31. The van der Waals surface area contributed by atoms with Crippen molar-refractivity contribution in [3.63, 3.8) is 0 Å². The number of hydrogen-bond donors (Lipinski definition) is 1. The Kier molecular flexibility index (Phi) is 4.80. The van der Waals surface area contributed by atoms with Crippen LogP contribution in [0.4, 0.5) is 5.95 Å². The first-order chi connectivity index (χ1) is 13.5. The van der Waals surface area contributed by atoms with Crippen LogP contribution in [0.5, 0.6) is 0 Å². The lowest BCUT2D eigenvalue weighted by molar-refractivity contribution is 0.120. The second kappa shape index (κ2) is 7.27. The molecule has 1 unspecified atom stereocenters. The highest BCUT2D eigenvalue weighted by Crippen LogP contribution is 2.20. The molecule has 1 aliphatic rings. The fourth-order valence-corrected chi connectivity index (χ4v) is 3.70. The molecule has 0 spiro atoms. The molecule has 1 atom stereocenters. The summed E-state index contributed by atoms with van der Waals surface area (Å²) in [4.78, 5) is 29.9. The van der Waals surface area contributed by atoms with Crippen molar-refractivity contribution in [2.24, 2.45) is 14.1 Å². The van der Waals surface area contributed by atoms with Gasteiger partial charge in [0.15, 0.2) is 11.2 Å². The standard InChI is InChI=1S/C20H25N5O3/c1-13-7-4-5-8-14(13)12-25-16-17(23(2)20(27)24(3)18(16)26)22-19(25)21-11-15-9-6-10-28-15/h4-5,7-8,15H,6,9-12H2,1-3H3,(H,21,22).